The van der Waals surface area contributed by atoms with E-state index in [4.69, 9.17) is 4.99 Å². The molecule has 0 radical (unpaired) electrons. The van der Waals surface area contributed by atoms with Gasteiger partial charge in [-0.1, -0.05) is 35.9 Å². The van der Waals surface area contributed by atoms with Crippen LogP contribution in [0.5, 0.6) is 0 Å². The largest absolute Gasteiger partial charge is 0.326 e. The number of fused-ring (bicyclic) bond motifs is 4. The fourth-order valence-electron chi connectivity index (χ4n) is 4.86. The molecule has 2 aromatic rings. The second kappa shape index (κ2) is 8.34. The third-order valence-corrected chi connectivity index (χ3v) is 5.98. The van der Waals surface area contributed by atoms with Crippen LogP contribution >= 0.6 is 0 Å². The van der Waals surface area contributed by atoms with Crippen LogP contribution in [0.3, 0.4) is 0 Å². The number of aliphatic imine (C=N–C) groups is 1. The summed E-state index contributed by atoms with van der Waals surface area (Å²) in [7, 11) is 0. The second-order valence-corrected chi connectivity index (χ2v) is 8.26. The summed E-state index contributed by atoms with van der Waals surface area (Å²) in [5.41, 5.74) is 5.95. The van der Waals surface area contributed by atoms with Crippen molar-refractivity contribution in [1.29, 1.82) is 0 Å². The second-order valence-electron chi connectivity index (χ2n) is 8.26. The van der Waals surface area contributed by atoms with Crippen LogP contribution in [-0.4, -0.2) is 17.1 Å². The average Bonchev–Trinajstić information content (AvgIpc) is 2.71. The number of aromatic nitrogens is 1. The van der Waals surface area contributed by atoms with E-state index in [1.54, 1.807) is 6.07 Å². The van der Waals surface area contributed by atoms with E-state index >= 15 is 0 Å². The number of hydrogen-bond acceptors (Lipinski definition) is 3. The Morgan fingerprint density at radius 1 is 1.23 bits per heavy atom. The monoisotopic (exact) mass is 413 g/mol. The Kier molecular flexibility index (Phi) is 5.59. The molecule has 2 aliphatic rings. The minimum atomic E-state index is -0.477. The minimum Gasteiger partial charge on any atom is -0.326 e. The van der Waals surface area contributed by atoms with Crippen molar-refractivity contribution in [1.82, 2.24) is 4.98 Å². The Bertz CT molecular complexity index is 1180. The molecule has 1 aromatic heterocycles. The van der Waals surface area contributed by atoms with E-state index in [0.29, 0.717) is 0 Å². The standard InChI is InChI=1S/C26H27N3O2/c1-4-22-20-14-17(2)16-26(22,23-11-12-25(31)29-24(23)15-20)27-13-5-6-19-7-9-21(10-8-19)28-18(3)30/h4-14,20H,15-16H2,1-3H3,(H,28,30)(H,29,31)/b6-5+,22-4+,27-13+/t20-,26+/m0/s1. The molecule has 2 atom stereocenters. The van der Waals surface area contributed by atoms with Gasteiger partial charge in [-0.2, -0.15) is 0 Å². The molecule has 2 bridgehead atoms. The molecule has 1 heterocycles. The number of allylic oxidation sites excluding steroid dienone is 3. The fraction of sp³-hybridized carbons (Fsp3) is 0.269. The van der Waals surface area contributed by atoms with Gasteiger partial charge >= 0.3 is 0 Å². The summed E-state index contributed by atoms with van der Waals surface area (Å²) < 4.78 is 0. The number of H-pyrrole nitrogens is 1. The Morgan fingerprint density at radius 3 is 2.71 bits per heavy atom. The van der Waals surface area contributed by atoms with Gasteiger partial charge in [0.25, 0.3) is 0 Å². The highest BCUT2D eigenvalue weighted by molar-refractivity contribution is 5.88. The van der Waals surface area contributed by atoms with Gasteiger partial charge in [0.05, 0.1) is 0 Å². The number of nitrogens with zero attached hydrogens (tertiary/aromatic N) is 1. The molecule has 5 heteroatoms. The van der Waals surface area contributed by atoms with Gasteiger partial charge < -0.3 is 10.3 Å². The number of amides is 1. The van der Waals surface area contributed by atoms with Gasteiger partial charge in [-0.3, -0.25) is 14.6 Å². The third-order valence-electron chi connectivity index (χ3n) is 5.98. The van der Waals surface area contributed by atoms with Crippen LogP contribution in [-0.2, 0) is 16.8 Å². The minimum absolute atomic E-state index is 0.0665. The quantitative estimate of drug-likeness (QED) is 0.559. The fourth-order valence-corrected chi connectivity index (χ4v) is 4.86. The van der Waals surface area contributed by atoms with Crippen molar-refractivity contribution in [2.24, 2.45) is 10.9 Å². The Morgan fingerprint density at radius 2 is 2.00 bits per heavy atom. The maximum absolute atomic E-state index is 11.9. The molecule has 0 aliphatic heterocycles. The van der Waals surface area contributed by atoms with Crippen LogP contribution in [0.15, 0.2) is 75.6 Å². The maximum Gasteiger partial charge on any atom is 0.248 e. The van der Waals surface area contributed by atoms with E-state index in [9.17, 15) is 9.59 Å². The summed E-state index contributed by atoms with van der Waals surface area (Å²) in [6.07, 6.45) is 11.9. The number of anilines is 1. The Hall–Kier alpha value is -3.47. The zero-order valence-electron chi connectivity index (χ0n) is 18.1. The maximum atomic E-state index is 11.9. The topological polar surface area (TPSA) is 74.3 Å². The molecule has 2 N–H and O–H groups in total. The number of rotatable bonds is 4. The lowest BCUT2D eigenvalue weighted by molar-refractivity contribution is -0.114. The van der Waals surface area contributed by atoms with Crippen molar-refractivity contribution in [3.05, 3.63) is 92.9 Å². The van der Waals surface area contributed by atoms with E-state index in [2.05, 4.69) is 36.3 Å². The first kappa shape index (κ1) is 20.8. The first-order chi connectivity index (χ1) is 14.9. The van der Waals surface area contributed by atoms with Crippen molar-refractivity contribution in [3.8, 4) is 0 Å². The molecule has 0 saturated carbocycles. The molecule has 0 unspecified atom stereocenters. The smallest absolute Gasteiger partial charge is 0.248 e. The van der Waals surface area contributed by atoms with Crippen molar-refractivity contribution < 1.29 is 4.79 Å². The lowest BCUT2D eigenvalue weighted by Gasteiger charge is -2.45. The van der Waals surface area contributed by atoms with Gasteiger partial charge in [-0.25, -0.2) is 0 Å². The van der Waals surface area contributed by atoms with E-state index in [0.717, 1.165) is 35.3 Å². The molecule has 0 spiro atoms. The summed E-state index contributed by atoms with van der Waals surface area (Å²) in [6.45, 7) is 5.73. The summed E-state index contributed by atoms with van der Waals surface area (Å²) in [5, 5.41) is 2.77. The summed E-state index contributed by atoms with van der Waals surface area (Å²) >= 11 is 0. The van der Waals surface area contributed by atoms with Crippen LogP contribution < -0.4 is 10.9 Å². The van der Waals surface area contributed by atoms with Gasteiger partial charge in [-0.15, -0.1) is 0 Å². The highest BCUT2D eigenvalue weighted by atomic mass is 16.1. The van der Waals surface area contributed by atoms with Crippen LogP contribution in [0.2, 0.25) is 0 Å². The zero-order valence-corrected chi connectivity index (χ0v) is 18.1. The highest BCUT2D eigenvalue weighted by Crippen LogP contribution is 2.51. The lowest BCUT2D eigenvalue weighted by Crippen LogP contribution is -2.40. The van der Waals surface area contributed by atoms with Crippen LogP contribution in [0.4, 0.5) is 5.69 Å². The molecule has 1 aromatic carbocycles. The molecule has 158 valence electrons. The van der Waals surface area contributed by atoms with Crippen molar-refractivity contribution in [2.75, 3.05) is 5.32 Å². The van der Waals surface area contributed by atoms with Crippen LogP contribution in [0, 0.1) is 5.92 Å². The van der Waals surface area contributed by atoms with E-state index in [1.807, 2.05) is 48.7 Å². The van der Waals surface area contributed by atoms with Gasteiger partial charge in [0.15, 0.2) is 0 Å². The van der Waals surface area contributed by atoms with Crippen molar-refractivity contribution in [2.45, 2.75) is 39.2 Å². The highest BCUT2D eigenvalue weighted by Gasteiger charge is 2.46. The number of carbonyl (C=O) groups excluding carboxylic acids is 1. The zero-order chi connectivity index (χ0) is 22.0. The molecule has 0 saturated heterocycles. The van der Waals surface area contributed by atoms with Gasteiger partial charge in [0.1, 0.15) is 5.54 Å². The van der Waals surface area contributed by atoms with Crippen LogP contribution in [0.25, 0.3) is 6.08 Å². The van der Waals surface area contributed by atoms with Crippen LogP contribution in [0.1, 0.15) is 44.0 Å². The van der Waals surface area contributed by atoms with Crippen molar-refractivity contribution >= 4 is 23.9 Å². The first-order valence-electron chi connectivity index (χ1n) is 10.6. The van der Waals surface area contributed by atoms with Gasteiger partial charge in [0.2, 0.25) is 11.5 Å². The predicted octanol–water partition coefficient (Wildman–Crippen LogP) is 4.78. The first-order valence-corrected chi connectivity index (χ1v) is 10.6. The SMILES string of the molecule is C/C=C1\[C@H]2C=C(C)C[C@]1(/N=C/C=C/c1ccc(NC(C)=O)cc1)c1ccc(=O)[nH]c1C2. The molecule has 2 aliphatic carbocycles. The summed E-state index contributed by atoms with van der Waals surface area (Å²) in [6, 6.07) is 11.2. The van der Waals surface area contributed by atoms with E-state index in [-0.39, 0.29) is 17.4 Å². The number of carbonyl (C=O) groups is 1. The average molecular weight is 414 g/mol. The van der Waals surface area contributed by atoms with Gasteiger partial charge in [0, 0.05) is 48.5 Å². The van der Waals surface area contributed by atoms with Crippen molar-refractivity contribution in [3.63, 3.8) is 0 Å². The summed E-state index contributed by atoms with van der Waals surface area (Å²) in [5.74, 6) is 0.172. The number of aromatic amines is 1. The molecule has 5 nitrogen and oxygen atoms in total. The van der Waals surface area contributed by atoms with E-state index < -0.39 is 5.54 Å². The number of hydrogen-bond donors (Lipinski definition) is 2. The molecule has 0 fully saturated rings. The Balaban J connectivity index is 1.66. The molecule has 31 heavy (non-hydrogen) atoms. The predicted molar refractivity (Wildman–Crippen MR) is 126 cm³/mol. The lowest BCUT2D eigenvalue weighted by atomic mass is 9.63. The third kappa shape index (κ3) is 4.08. The van der Waals surface area contributed by atoms with E-state index in [1.165, 1.54) is 18.1 Å². The number of nitrogens with one attached hydrogen (secondary N) is 2. The summed E-state index contributed by atoms with van der Waals surface area (Å²) in [4.78, 5) is 31.2. The number of pyridine rings is 1. The molecule has 1 amide bonds. The molecule has 4 rings (SSSR count). The molecular weight excluding hydrogens is 386 g/mol. The number of benzene rings is 1. The normalized spacial score (nSPS) is 23.8. The van der Waals surface area contributed by atoms with Gasteiger partial charge in [-0.05, 0) is 55.7 Å². The molecular formula is C26H27N3O2. The Labute approximate surface area is 182 Å².